The number of ether oxygens (including phenoxy) is 1. The zero-order chi connectivity index (χ0) is 16.8. The van der Waals surface area contributed by atoms with Crippen molar-refractivity contribution in [3.05, 3.63) is 46.1 Å². The second kappa shape index (κ2) is 7.54. The van der Waals surface area contributed by atoms with E-state index in [1.807, 2.05) is 0 Å². The van der Waals surface area contributed by atoms with Gasteiger partial charge in [0.15, 0.2) is 5.16 Å². The smallest absolute Gasteiger partial charge is 0.343 e. The number of non-ortho nitro benzene ring substituents is 1. The van der Waals surface area contributed by atoms with E-state index in [4.69, 9.17) is 4.74 Å². The Balaban J connectivity index is 2.38. The first-order valence-corrected chi connectivity index (χ1v) is 7.87. The van der Waals surface area contributed by atoms with Gasteiger partial charge in [0.05, 0.1) is 11.5 Å². The summed E-state index contributed by atoms with van der Waals surface area (Å²) >= 11 is 1.31. The summed E-state index contributed by atoms with van der Waals surface area (Å²) in [6.07, 6.45) is 3.17. The number of anilines is 2. The van der Waals surface area contributed by atoms with E-state index >= 15 is 0 Å². The maximum Gasteiger partial charge on any atom is 0.343 e. The molecule has 0 atom stereocenters. The third-order valence-electron chi connectivity index (χ3n) is 2.76. The van der Waals surface area contributed by atoms with Gasteiger partial charge < -0.3 is 10.1 Å². The number of hydrogen-bond acceptors (Lipinski definition) is 8. The minimum Gasteiger partial charge on any atom is -0.462 e. The Morgan fingerprint density at radius 3 is 2.91 bits per heavy atom. The molecule has 0 spiro atoms. The number of nitrogens with zero attached hydrogens (tertiary/aromatic N) is 3. The van der Waals surface area contributed by atoms with Crippen LogP contribution in [0.15, 0.2) is 35.6 Å². The van der Waals surface area contributed by atoms with Crippen molar-refractivity contribution < 1.29 is 14.5 Å². The molecule has 2 rings (SSSR count). The molecule has 1 N–H and O–H groups in total. The van der Waals surface area contributed by atoms with E-state index in [0.29, 0.717) is 10.8 Å². The second-order valence-electron chi connectivity index (χ2n) is 4.27. The number of nitrogens with one attached hydrogen (secondary N) is 1. The number of nitro groups is 1. The van der Waals surface area contributed by atoms with Crippen LogP contribution in [0.1, 0.15) is 17.3 Å². The highest BCUT2D eigenvalue weighted by atomic mass is 32.2. The lowest BCUT2D eigenvalue weighted by Gasteiger charge is -2.11. The molecule has 0 unspecified atom stereocenters. The monoisotopic (exact) mass is 334 g/mol. The summed E-state index contributed by atoms with van der Waals surface area (Å²) in [6.45, 7) is 1.92. The Morgan fingerprint density at radius 1 is 1.48 bits per heavy atom. The van der Waals surface area contributed by atoms with Gasteiger partial charge in [0.25, 0.3) is 5.69 Å². The number of carbonyl (C=O) groups excluding carboxylic acids is 1. The van der Waals surface area contributed by atoms with E-state index in [1.54, 1.807) is 25.3 Å². The normalized spacial score (nSPS) is 10.2. The van der Waals surface area contributed by atoms with Crippen LogP contribution >= 0.6 is 11.8 Å². The summed E-state index contributed by atoms with van der Waals surface area (Å²) in [7, 11) is 0. The lowest BCUT2D eigenvalue weighted by molar-refractivity contribution is -0.384. The van der Waals surface area contributed by atoms with Gasteiger partial charge in [0, 0.05) is 24.0 Å². The Bertz CT molecular complexity index is 738. The van der Waals surface area contributed by atoms with Crippen molar-refractivity contribution >= 4 is 34.9 Å². The van der Waals surface area contributed by atoms with Crippen LogP contribution in [0.4, 0.5) is 17.2 Å². The number of rotatable bonds is 6. The first-order chi connectivity index (χ1) is 11.0. The summed E-state index contributed by atoms with van der Waals surface area (Å²) in [6, 6.07) is 5.92. The standard InChI is InChI=1S/C14H14N4O4S/c1-3-22-13(19)11-8-15-14(23-2)17-12(11)16-9-5-4-6-10(7-9)18(20)21/h4-8H,3H2,1-2H3,(H,15,16,17). The van der Waals surface area contributed by atoms with Crippen molar-refractivity contribution in [1.82, 2.24) is 9.97 Å². The number of thioether (sulfide) groups is 1. The molecule has 0 saturated carbocycles. The van der Waals surface area contributed by atoms with Crippen molar-refractivity contribution in [2.75, 3.05) is 18.2 Å². The Hall–Kier alpha value is -2.68. The third-order valence-corrected chi connectivity index (χ3v) is 3.33. The van der Waals surface area contributed by atoms with E-state index in [2.05, 4.69) is 15.3 Å². The van der Waals surface area contributed by atoms with Crippen molar-refractivity contribution in [1.29, 1.82) is 0 Å². The largest absolute Gasteiger partial charge is 0.462 e. The maximum atomic E-state index is 12.0. The fourth-order valence-corrected chi connectivity index (χ4v) is 2.09. The molecular formula is C14H14N4O4S. The van der Waals surface area contributed by atoms with Gasteiger partial charge in [-0.1, -0.05) is 17.8 Å². The number of benzene rings is 1. The molecule has 1 aromatic heterocycles. The lowest BCUT2D eigenvalue weighted by atomic mass is 10.2. The molecular weight excluding hydrogens is 320 g/mol. The topological polar surface area (TPSA) is 107 Å². The average Bonchev–Trinajstić information content (AvgIpc) is 2.55. The highest BCUT2D eigenvalue weighted by Gasteiger charge is 2.17. The zero-order valence-electron chi connectivity index (χ0n) is 12.5. The molecule has 0 radical (unpaired) electrons. The molecule has 0 amide bonds. The number of nitro benzene ring substituents is 1. The van der Waals surface area contributed by atoms with Gasteiger partial charge in [-0.15, -0.1) is 0 Å². The van der Waals surface area contributed by atoms with Gasteiger partial charge in [-0.2, -0.15) is 0 Å². The Kier molecular flexibility index (Phi) is 5.47. The number of esters is 1. The Morgan fingerprint density at radius 2 is 2.26 bits per heavy atom. The van der Waals surface area contributed by atoms with Gasteiger partial charge in [-0.05, 0) is 19.2 Å². The molecule has 0 fully saturated rings. The van der Waals surface area contributed by atoms with Crippen LogP contribution in [-0.2, 0) is 4.74 Å². The summed E-state index contributed by atoms with van der Waals surface area (Å²) in [5.74, 6) is -0.323. The Labute approximate surface area is 136 Å². The van der Waals surface area contributed by atoms with Crippen LogP contribution < -0.4 is 5.32 Å². The highest BCUT2D eigenvalue weighted by Crippen LogP contribution is 2.24. The van der Waals surface area contributed by atoms with Gasteiger partial charge in [0.2, 0.25) is 0 Å². The summed E-state index contributed by atoms with van der Waals surface area (Å²) < 4.78 is 4.97. The van der Waals surface area contributed by atoms with Crippen LogP contribution in [0.25, 0.3) is 0 Å². The summed E-state index contributed by atoms with van der Waals surface area (Å²) in [4.78, 5) is 30.6. The fraction of sp³-hybridized carbons (Fsp3) is 0.214. The molecule has 23 heavy (non-hydrogen) atoms. The molecule has 0 aliphatic heterocycles. The van der Waals surface area contributed by atoms with Crippen LogP contribution in [0.5, 0.6) is 0 Å². The first-order valence-electron chi connectivity index (χ1n) is 6.64. The molecule has 0 aliphatic carbocycles. The summed E-state index contributed by atoms with van der Waals surface area (Å²) in [5, 5.41) is 14.2. The summed E-state index contributed by atoms with van der Waals surface area (Å²) in [5.41, 5.74) is 0.540. The lowest BCUT2D eigenvalue weighted by Crippen LogP contribution is -2.10. The molecule has 1 heterocycles. The number of hydrogen-bond donors (Lipinski definition) is 1. The maximum absolute atomic E-state index is 12.0. The molecule has 120 valence electrons. The van der Waals surface area contributed by atoms with E-state index in [0.717, 1.165) is 0 Å². The first kappa shape index (κ1) is 16.7. The SMILES string of the molecule is CCOC(=O)c1cnc(SC)nc1Nc1cccc([N+](=O)[O-])c1. The van der Waals surface area contributed by atoms with Crippen LogP contribution in [0.2, 0.25) is 0 Å². The highest BCUT2D eigenvalue weighted by molar-refractivity contribution is 7.98. The predicted molar refractivity (Wildman–Crippen MR) is 86.1 cm³/mol. The third kappa shape index (κ3) is 4.16. The zero-order valence-corrected chi connectivity index (χ0v) is 13.3. The van der Waals surface area contributed by atoms with E-state index < -0.39 is 10.9 Å². The van der Waals surface area contributed by atoms with E-state index in [-0.39, 0.29) is 23.7 Å². The second-order valence-corrected chi connectivity index (χ2v) is 5.05. The van der Waals surface area contributed by atoms with Crippen LogP contribution in [0, 0.1) is 10.1 Å². The molecule has 1 aromatic carbocycles. The molecule has 0 saturated heterocycles. The average molecular weight is 334 g/mol. The van der Waals surface area contributed by atoms with Crippen molar-refractivity contribution in [2.24, 2.45) is 0 Å². The predicted octanol–water partition coefficient (Wildman–Crippen LogP) is 3.03. The molecule has 2 aromatic rings. The minimum absolute atomic E-state index is 0.0631. The van der Waals surface area contributed by atoms with Gasteiger partial charge >= 0.3 is 5.97 Å². The fourth-order valence-electron chi connectivity index (χ4n) is 1.75. The molecule has 0 bridgehead atoms. The van der Waals surface area contributed by atoms with Crippen LogP contribution in [0.3, 0.4) is 0 Å². The van der Waals surface area contributed by atoms with Crippen LogP contribution in [-0.4, -0.2) is 33.7 Å². The minimum atomic E-state index is -0.562. The van der Waals surface area contributed by atoms with Crippen molar-refractivity contribution in [3.63, 3.8) is 0 Å². The van der Waals surface area contributed by atoms with E-state index in [9.17, 15) is 14.9 Å². The quantitative estimate of drug-likeness (QED) is 0.282. The van der Waals surface area contributed by atoms with Gasteiger partial charge in [-0.25, -0.2) is 14.8 Å². The van der Waals surface area contributed by atoms with Gasteiger partial charge in [-0.3, -0.25) is 10.1 Å². The number of aromatic nitrogens is 2. The van der Waals surface area contributed by atoms with Gasteiger partial charge in [0.1, 0.15) is 11.4 Å². The molecule has 9 heteroatoms. The number of carbonyl (C=O) groups is 1. The molecule has 8 nitrogen and oxygen atoms in total. The van der Waals surface area contributed by atoms with Crippen molar-refractivity contribution in [2.45, 2.75) is 12.1 Å². The van der Waals surface area contributed by atoms with Crippen molar-refractivity contribution in [3.8, 4) is 0 Å². The van der Waals surface area contributed by atoms with E-state index in [1.165, 1.54) is 30.1 Å². The molecule has 0 aliphatic rings.